The zero-order valence-corrected chi connectivity index (χ0v) is 13.2. The van der Waals surface area contributed by atoms with Gasteiger partial charge in [-0.3, -0.25) is 9.59 Å². The molecule has 2 amide bonds. The second-order valence-corrected chi connectivity index (χ2v) is 6.74. The minimum atomic E-state index is -0.524. The van der Waals surface area contributed by atoms with E-state index in [1.807, 2.05) is 32.9 Å². The van der Waals surface area contributed by atoms with E-state index in [2.05, 4.69) is 22.8 Å². The molecule has 0 saturated carbocycles. The Hall–Kier alpha value is -1.84. The normalized spacial score (nSPS) is 18.8. The molecule has 0 saturated heterocycles. The topological polar surface area (TPSA) is 58.2 Å². The Morgan fingerprint density at radius 3 is 2.57 bits per heavy atom. The van der Waals surface area contributed by atoms with Gasteiger partial charge in [0.1, 0.15) is 6.04 Å². The van der Waals surface area contributed by atoms with Gasteiger partial charge >= 0.3 is 0 Å². The van der Waals surface area contributed by atoms with Gasteiger partial charge in [0.2, 0.25) is 11.8 Å². The number of carbonyl (C=O) groups excluding carboxylic acids is 2. The van der Waals surface area contributed by atoms with Crippen molar-refractivity contribution in [2.75, 3.05) is 0 Å². The van der Waals surface area contributed by atoms with Crippen LogP contribution in [0.4, 0.5) is 0 Å². The molecule has 0 unspecified atom stereocenters. The monoisotopic (exact) mass is 288 g/mol. The third-order valence-corrected chi connectivity index (χ3v) is 3.87. The third kappa shape index (κ3) is 3.63. The van der Waals surface area contributed by atoms with E-state index in [4.69, 9.17) is 0 Å². The predicted octanol–water partition coefficient (Wildman–Crippen LogP) is 2.34. The third-order valence-electron chi connectivity index (χ3n) is 3.87. The van der Waals surface area contributed by atoms with Crippen molar-refractivity contribution in [2.45, 2.75) is 52.6 Å². The Morgan fingerprint density at radius 1 is 1.24 bits per heavy atom. The summed E-state index contributed by atoms with van der Waals surface area (Å²) >= 11 is 0. The predicted molar refractivity (Wildman–Crippen MR) is 82.7 cm³/mol. The molecule has 4 nitrogen and oxygen atoms in total. The molecule has 21 heavy (non-hydrogen) atoms. The van der Waals surface area contributed by atoms with Crippen LogP contribution in [0.15, 0.2) is 24.3 Å². The number of fused-ring (bicyclic) bond motifs is 1. The molecule has 2 rings (SSSR count). The Bertz CT molecular complexity index is 546. The second-order valence-electron chi connectivity index (χ2n) is 6.74. The molecular weight excluding hydrogens is 264 g/mol. The summed E-state index contributed by atoms with van der Waals surface area (Å²) in [5.74, 6) is -0.244. The zero-order chi connectivity index (χ0) is 15.6. The molecule has 0 bridgehead atoms. The van der Waals surface area contributed by atoms with Crippen LogP contribution in [0.3, 0.4) is 0 Å². The van der Waals surface area contributed by atoms with Gasteiger partial charge in [0.25, 0.3) is 0 Å². The SMILES string of the molecule is C[C@H](NC(=O)C(C)(C)C)C(=O)N[C@H]1CCc2ccccc21. The number of nitrogens with one attached hydrogen (secondary N) is 2. The molecule has 114 valence electrons. The average molecular weight is 288 g/mol. The molecule has 4 heteroatoms. The van der Waals surface area contributed by atoms with Crippen molar-refractivity contribution in [3.8, 4) is 0 Å². The molecule has 0 heterocycles. The largest absolute Gasteiger partial charge is 0.348 e. The van der Waals surface area contributed by atoms with Crippen molar-refractivity contribution >= 4 is 11.8 Å². The molecule has 0 spiro atoms. The minimum Gasteiger partial charge on any atom is -0.348 e. The van der Waals surface area contributed by atoms with Crippen LogP contribution >= 0.6 is 0 Å². The summed E-state index contributed by atoms with van der Waals surface area (Å²) in [4.78, 5) is 24.2. The fourth-order valence-corrected chi connectivity index (χ4v) is 2.48. The van der Waals surface area contributed by atoms with Crippen LogP contribution in [0.1, 0.15) is 51.3 Å². The number of rotatable bonds is 3. The van der Waals surface area contributed by atoms with E-state index in [0.717, 1.165) is 12.8 Å². The highest BCUT2D eigenvalue weighted by molar-refractivity contribution is 5.89. The average Bonchev–Trinajstić information content (AvgIpc) is 2.81. The maximum Gasteiger partial charge on any atom is 0.242 e. The van der Waals surface area contributed by atoms with Crippen LogP contribution in [0.5, 0.6) is 0 Å². The number of hydrogen-bond acceptors (Lipinski definition) is 2. The quantitative estimate of drug-likeness (QED) is 0.897. The molecule has 1 aromatic rings. The van der Waals surface area contributed by atoms with Crippen LogP contribution in [0, 0.1) is 5.41 Å². The molecule has 0 aromatic heterocycles. The Kier molecular flexibility index (Phi) is 4.35. The minimum absolute atomic E-state index is 0.0580. The fraction of sp³-hybridized carbons (Fsp3) is 0.529. The molecular formula is C17H24N2O2. The number of amides is 2. The van der Waals surface area contributed by atoms with Crippen molar-refractivity contribution in [3.63, 3.8) is 0 Å². The van der Waals surface area contributed by atoms with Gasteiger partial charge in [0.15, 0.2) is 0 Å². The highest BCUT2D eigenvalue weighted by Crippen LogP contribution is 2.30. The van der Waals surface area contributed by atoms with Gasteiger partial charge in [-0.2, -0.15) is 0 Å². The first-order valence-corrected chi connectivity index (χ1v) is 7.48. The molecule has 2 N–H and O–H groups in total. The summed E-state index contributed by atoms with van der Waals surface area (Å²) in [6, 6.07) is 7.72. The van der Waals surface area contributed by atoms with Crippen LogP contribution in [-0.4, -0.2) is 17.9 Å². The van der Waals surface area contributed by atoms with E-state index in [1.165, 1.54) is 11.1 Å². The van der Waals surface area contributed by atoms with Crippen LogP contribution in [-0.2, 0) is 16.0 Å². The van der Waals surface area contributed by atoms with Crippen LogP contribution < -0.4 is 10.6 Å². The van der Waals surface area contributed by atoms with Crippen LogP contribution in [0.25, 0.3) is 0 Å². The van der Waals surface area contributed by atoms with E-state index in [1.54, 1.807) is 6.92 Å². The van der Waals surface area contributed by atoms with Gasteiger partial charge in [-0.25, -0.2) is 0 Å². The number of aryl methyl sites for hydroxylation is 1. The summed E-state index contributed by atoms with van der Waals surface area (Å²) in [5.41, 5.74) is 2.00. The lowest BCUT2D eigenvalue weighted by Crippen LogP contribution is -2.48. The van der Waals surface area contributed by atoms with E-state index in [9.17, 15) is 9.59 Å². The first-order valence-electron chi connectivity index (χ1n) is 7.48. The first-order chi connectivity index (χ1) is 9.79. The van der Waals surface area contributed by atoms with Crippen molar-refractivity contribution in [1.82, 2.24) is 10.6 Å². The Balaban J connectivity index is 1.95. The van der Waals surface area contributed by atoms with Crippen molar-refractivity contribution in [2.24, 2.45) is 5.41 Å². The van der Waals surface area contributed by atoms with E-state index in [0.29, 0.717) is 0 Å². The summed E-state index contributed by atoms with van der Waals surface area (Å²) in [7, 11) is 0. The van der Waals surface area contributed by atoms with Crippen molar-refractivity contribution in [1.29, 1.82) is 0 Å². The molecule has 2 atom stereocenters. The van der Waals surface area contributed by atoms with Gasteiger partial charge in [-0.05, 0) is 30.9 Å². The maximum absolute atomic E-state index is 12.2. The van der Waals surface area contributed by atoms with Crippen molar-refractivity contribution < 1.29 is 9.59 Å². The summed E-state index contributed by atoms with van der Waals surface area (Å²) in [6.45, 7) is 7.22. The lowest BCUT2D eigenvalue weighted by Gasteiger charge is -2.23. The van der Waals surface area contributed by atoms with Gasteiger partial charge in [-0.15, -0.1) is 0 Å². The van der Waals surface area contributed by atoms with Crippen LogP contribution in [0.2, 0.25) is 0 Å². The number of hydrogen-bond donors (Lipinski definition) is 2. The molecule has 0 radical (unpaired) electrons. The molecule has 1 aromatic carbocycles. The molecule has 0 fully saturated rings. The highest BCUT2D eigenvalue weighted by Gasteiger charge is 2.28. The molecule has 0 aliphatic heterocycles. The van der Waals surface area contributed by atoms with E-state index < -0.39 is 11.5 Å². The van der Waals surface area contributed by atoms with E-state index >= 15 is 0 Å². The van der Waals surface area contributed by atoms with Gasteiger partial charge < -0.3 is 10.6 Å². The lowest BCUT2D eigenvalue weighted by atomic mass is 9.95. The summed E-state index contributed by atoms with van der Waals surface area (Å²) in [6.07, 6.45) is 1.91. The fourth-order valence-electron chi connectivity index (χ4n) is 2.48. The highest BCUT2D eigenvalue weighted by atomic mass is 16.2. The zero-order valence-electron chi connectivity index (χ0n) is 13.2. The summed E-state index contributed by atoms with van der Waals surface area (Å²) < 4.78 is 0. The number of benzene rings is 1. The number of carbonyl (C=O) groups is 2. The van der Waals surface area contributed by atoms with Gasteiger partial charge in [-0.1, -0.05) is 45.0 Å². The van der Waals surface area contributed by atoms with Gasteiger partial charge in [0, 0.05) is 5.41 Å². The van der Waals surface area contributed by atoms with Gasteiger partial charge in [0.05, 0.1) is 6.04 Å². The maximum atomic E-state index is 12.2. The molecule has 1 aliphatic carbocycles. The van der Waals surface area contributed by atoms with Crippen molar-refractivity contribution in [3.05, 3.63) is 35.4 Å². The molecule has 1 aliphatic rings. The van der Waals surface area contributed by atoms with E-state index in [-0.39, 0.29) is 17.9 Å². The lowest BCUT2D eigenvalue weighted by molar-refractivity contribution is -0.133. The smallest absolute Gasteiger partial charge is 0.242 e. The first kappa shape index (κ1) is 15.5. The summed E-state index contributed by atoms with van der Waals surface area (Å²) in [5, 5.41) is 5.80. The second kappa shape index (κ2) is 5.88. The Morgan fingerprint density at radius 2 is 1.90 bits per heavy atom. The Labute approximate surface area is 126 Å². The standard InChI is InChI=1S/C17H24N2O2/c1-11(18-16(21)17(2,3)4)15(20)19-14-10-9-12-7-5-6-8-13(12)14/h5-8,11,14H,9-10H2,1-4H3,(H,18,21)(H,19,20)/t11-,14-/m0/s1.